The summed E-state index contributed by atoms with van der Waals surface area (Å²) in [5.74, 6) is -0.228. The fourth-order valence-corrected chi connectivity index (χ4v) is 3.19. The molecule has 0 radical (unpaired) electrons. The van der Waals surface area contributed by atoms with Crippen LogP contribution in [0.25, 0.3) is 0 Å². The van der Waals surface area contributed by atoms with E-state index in [4.69, 9.17) is 4.55 Å². The molecule has 0 aromatic heterocycles. The van der Waals surface area contributed by atoms with Crippen LogP contribution in [-0.2, 0) is 10.1 Å². The normalized spacial score (nSPS) is 14.2. The quantitative estimate of drug-likeness (QED) is 0.572. The largest absolute Gasteiger partial charge is 0.388 e. The van der Waals surface area contributed by atoms with Gasteiger partial charge in [0, 0.05) is 4.47 Å². The zero-order valence-corrected chi connectivity index (χ0v) is 14.1. The Hall–Kier alpha value is -0.430. The van der Waals surface area contributed by atoms with Gasteiger partial charge in [0.1, 0.15) is 0 Å². The SMILES string of the molecule is CC(C)(CCCCS(=O)(=O)O)C(O)c1ccccc1Br. The van der Waals surface area contributed by atoms with E-state index in [-0.39, 0.29) is 11.2 Å². The molecular formula is C14H21BrO4S. The van der Waals surface area contributed by atoms with Crippen LogP contribution >= 0.6 is 15.9 Å². The molecule has 1 aromatic carbocycles. The van der Waals surface area contributed by atoms with Crippen molar-refractivity contribution in [1.82, 2.24) is 0 Å². The fraction of sp³-hybridized carbons (Fsp3) is 0.571. The Balaban J connectivity index is 2.62. The Morgan fingerprint density at radius 1 is 1.25 bits per heavy atom. The van der Waals surface area contributed by atoms with E-state index in [1.807, 2.05) is 38.1 Å². The van der Waals surface area contributed by atoms with Gasteiger partial charge in [0.15, 0.2) is 0 Å². The highest BCUT2D eigenvalue weighted by molar-refractivity contribution is 9.10. The highest BCUT2D eigenvalue weighted by Crippen LogP contribution is 2.40. The molecule has 0 spiro atoms. The van der Waals surface area contributed by atoms with Crippen molar-refractivity contribution in [2.45, 2.75) is 39.2 Å². The van der Waals surface area contributed by atoms with Crippen LogP contribution in [-0.4, -0.2) is 23.8 Å². The predicted octanol–water partition coefficient (Wildman–Crippen LogP) is 3.57. The Labute approximate surface area is 129 Å². The van der Waals surface area contributed by atoms with Gasteiger partial charge in [0.25, 0.3) is 10.1 Å². The van der Waals surface area contributed by atoms with Gasteiger partial charge < -0.3 is 5.11 Å². The number of aliphatic hydroxyl groups excluding tert-OH is 1. The van der Waals surface area contributed by atoms with Crippen molar-refractivity contribution in [1.29, 1.82) is 0 Å². The minimum absolute atomic E-state index is 0.228. The molecule has 6 heteroatoms. The lowest BCUT2D eigenvalue weighted by molar-refractivity contribution is 0.0409. The summed E-state index contributed by atoms with van der Waals surface area (Å²) in [5.41, 5.74) is 0.454. The fourth-order valence-electron chi connectivity index (χ4n) is 2.12. The summed E-state index contributed by atoms with van der Waals surface area (Å²) in [6.45, 7) is 3.90. The number of aliphatic hydroxyl groups is 1. The zero-order chi connectivity index (χ0) is 15.4. The highest BCUT2D eigenvalue weighted by Gasteiger charge is 2.29. The molecule has 1 aromatic rings. The first kappa shape index (κ1) is 17.6. The van der Waals surface area contributed by atoms with E-state index in [9.17, 15) is 13.5 Å². The summed E-state index contributed by atoms with van der Waals surface area (Å²) in [5, 5.41) is 10.5. The number of benzene rings is 1. The molecule has 0 aliphatic rings. The summed E-state index contributed by atoms with van der Waals surface area (Å²) < 4.78 is 30.9. The van der Waals surface area contributed by atoms with E-state index in [2.05, 4.69) is 15.9 Å². The maximum atomic E-state index is 10.7. The number of unbranched alkanes of at least 4 members (excludes halogenated alkanes) is 1. The molecule has 0 amide bonds. The van der Waals surface area contributed by atoms with Crippen LogP contribution in [0.5, 0.6) is 0 Å². The summed E-state index contributed by atoms with van der Waals surface area (Å²) in [7, 11) is -3.89. The first-order valence-electron chi connectivity index (χ1n) is 6.51. The Morgan fingerprint density at radius 3 is 2.40 bits per heavy atom. The molecule has 20 heavy (non-hydrogen) atoms. The number of hydrogen-bond donors (Lipinski definition) is 2. The number of rotatable bonds is 7. The van der Waals surface area contributed by atoms with Gasteiger partial charge in [0.2, 0.25) is 0 Å². The van der Waals surface area contributed by atoms with E-state index >= 15 is 0 Å². The molecule has 0 heterocycles. The van der Waals surface area contributed by atoms with Crippen LogP contribution in [0.1, 0.15) is 44.8 Å². The Morgan fingerprint density at radius 2 is 1.85 bits per heavy atom. The molecule has 2 N–H and O–H groups in total. The van der Waals surface area contributed by atoms with Crippen LogP contribution in [0.4, 0.5) is 0 Å². The first-order valence-corrected chi connectivity index (χ1v) is 8.91. The minimum atomic E-state index is -3.89. The molecule has 114 valence electrons. The Bertz CT molecular complexity index is 540. The minimum Gasteiger partial charge on any atom is -0.388 e. The second kappa shape index (κ2) is 7.02. The molecule has 1 rings (SSSR count). The molecule has 0 aliphatic heterocycles. The molecule has 1 unspecified atom stereocenters. The lowest BCUT2D eigenvalue weighted by Gasteiger charge is -2.31. The van der Waals surface area contributed by atoms with E-state index in [1.165, 1.54) is 0 Å². The lowest BCUT2D eigenvalue weighted by atomic mass is 9.78. The first-order chi connectivity index (χ1) is 9.13. The van der Waals surface area contributed by atoms with Crippen molar-refractivity contribution in [3.63, 3.8) is 0 Å². The van der Waals surface area contributed by atoms with Gasteiger partial charge in [-0.3, -0.25) is 4.55 Å². The van der Waals surface area contributed by atoms with Gasteiger partial charge in [0.05, 0.1) is 11.9 Å². The van der Waals surface area contributed by atoms with E-state index < -0.39 is 16.2 Å². The predicted molar refractivity (Wildman–Crippen MR) is 83.1 cm³/mol. The summed E-state index contributed by atoms with van der Waals surface area (Å²) in [4.78, 5) is 0. The second-order valence-corrected chi connectivity index (χ2v) is 8.08. The summed E-state index contributed by atoms with van der Waals surface area (Å²) >= 11 is 3.42. The number of halogens is 1. The van der Waals surface area contributed by atoms with Crippen LogP contribution in [0.15, 0.2) is 28.7 Å². The van der Waals surface area contributed by atoms with Crippen molar-refractivity contribution in [3.8, 4) is 0 Å². The van der Waals surface area contributed by atoms with Crippen molar-refractivity contribution in [2.75, 3.05) is 5.75 Å². The van der Waals surface area contributed by atoms with E-state index in [0.717, 1.165) is 10.0 Å². The Kier molecular flexibility index (Phi) is 6.19. The van der Waals surface area contributed by atoms with Gasteiger partial charge in [-0.2, -0.15) is 8.42 Å². The average Bonchev–Trinajstić information content (AvgIpc) is 2.33. The molecule has 0 bridgehead atoms. The van der Waals surface area contributed by atoms with Gasteiger partial charge in [-0.25, -0.2) is 0 Å². The van der Waals surface area contributed by atoms with Crippen LogP contribution in [0.3, 0.4) is 0 Å². The van der Waals surface area contributed by atoms with Crippen LogP contribution in [0, 0.1) is 5.41 Å². The zero-order valence-electron chi connectivity index (χ0n) is 11.7. The third-order valence-electron chi connectivity index (χ3n) is 3.41. The maximum absolute atomic E-state index is 10.7. The third-order valence-corrected chi connectivity index (χ3v) is 4.94. The molecule has 1 atom stereocenters. The van der Waals surface area contributed by atoms with Crippen LogP contribution in [0.2, 0.25) is 0 Å². The van der Waals surface area contributed by atoms with Gasteiger partial charge in [-0.1, -0.05) is 54.4 Å². The second-order valence-electron chi connectivity index (χ2n) is 5.66. The van der Waals surface area contributed by atoms with Crippen molar-refractivity contribution >= 4 is 26.0 Å². The van der Waals surface area contributed by atoms with Crippen LogP contribution < -0.4 is 0 Å². The standard InChI is InChI=1S/C14H21BrO4S/c1-14(2,9-5-6-10-20(17,18)19)13(16)11-7-3-4-8-12(11)15/h3-4,7-8,13,16H,5-6,9-10H2,1-2H3,(H,17,18,19). The van der Waals surface area contributed by atoms with Gasteiger partial charge in [-0.15, -0.1) is 0 Å². The summed E-state index contributed by atoms with van der Waals surface area (Å²) in [6, 6.07) is 7.51. The third kappa shape index (κ3) is 5.52. The highest BCUT2D eigenvalue weighted by atomic mass is 79.9. The number of hydrogen-bond acceptors (Lipinski definition) is 3. The van der Waals surface area contributed by atoms with Crippen molar-refractivity contribution in [2.24, 2.45) is 5.41 Å². The van der Waals surface area contributed by atoms with Crippen molar-refractivity contribution < 1.29 is 18.1 Å². The van der Waals surface area contributed by atoms with E-state index in [1.54, 1.807) is 0 Å². The van der Waals surface area contributed by atoms with Crippen molar-refractivity contribution in [3.05, 3.63) is 34.3 Å². The monoisotopic (exact) mass is 364 g/mol. The average molecular weight is 365 g/mol. The molecule has 0 fully saturated rings. The maximum Gasteiger partial charge on any atom is 0.264 e. The molecule has 0 saturated carbocycles. The smallest absolute Gasteiger partial charge is 0.264 e. The van der Waals surface area contributed by atoms with Gasteiger partial charge in [-0.05, 0) is 29.9 Å². The van der Waals surface area contributed by atoms with E-state index in [0.29, 0.717) is 19.3 Å². The van der Waals surface area contributed by atoms with Gasteiger partial charge >= 0.3 is 0 Å². The topological polar surface area (TPSA) is 74.6 Å². The molecule has 0 saturated heterocycles. The molecule has 4 nitrogen and oxygen atoms in total. The molecule has 0 aliphatic carbocycles. The lowest BCUT2D eigenvalue weighted by Crippen LogP contribution is -2.22. The molecular weight excluding hydrogens is 344 g/mol. The summed E-state index contributed by atoms with van der Waals surface area (Å²) in [6.07, 6.45) is 1.06.